The number of anilines is 1. The molecule has 1 aromatic heterocycles. The van der Waals surface area contributed by atoms with Crippen molar-refractivity contribution in [2.75, 3.05) is 12.4 Å². The number of nitrogens with one attached hydrogen (secondary N) is 1. The highest BCUT2D eigenvalue weighted by Crippen LogP contribution is 2.29. The van der Waals surface area contributed by atoms with Gasteiger partial charge in [0.1, 0.15) is 5.75 Å². The van der Waals surface area contributed by atoms with Gasteiger partial charge in [0.25, 0.3) is 0 Å². The molecule has 5 heteroatoms. The number of ether oxygens (including phenoxy) is 1. The Bertz CT molecular complexity index is 626. The third-order valence-corrected chi connectivity index (χ3v) is 4.03. The maximum atomic E-state index is 5.60. The Balaban J connectivity index is 1.67. The monoisotopic (exact) mass is 313 g/mol. The van der Waals surface area contributed by atoms with Crippen molar-refractivity contribution in [1.29, 1.82) is 0 Å². The molecule has 1 aromatic carbocycles. The number of hydrogen-bond donors (Lipinski definition) is 1. The molecule has 0 bridgehead atoms. The lowest BCUT2D eigenvalue weighted by Gasteiger charge is -2.26. The van der Waals surface area contributed by atoms with Gasteiger partial charge in [0.15, 0.2) is 5.11 Å². The van der Waals surface area contributed by atoms with Crippen LogP contribution in [0.2, 0.25) is 0 Å². The summed E-state index contributed by atoms with van der Waals surface area (Å²) in [5.74, 6) is 0.840. The Morgan fingerprint density at radius 3 is 2.50 bits per heavy atom. The molecule has 0 radical (unpaired) electrons. The summed E-state index contributed by atoms with van der Waals surface area (Å²) in [6.07, 6.45) is 6.05. The Hall–Kier alpha value is -2.14. The van der Waals surface area contributed by atoms with Crippen LogP contribution in [0, 0.1) is 0 Å². The Morgan fingerprint density at radius 1 is 1.23 bits per heavy atom. The van der Waals surface area contributed by atoms with Crippen LogP contribution in [0.4, 0.5) is 5.69 Å². The summed E-state index contributed by atoms with van der Waals surface area (Å²) in [5, 5.41) is 4.09. The molecular weight excluding hydrogens is 294 g/mol. The Labute approximate surface area is 136 Å². The van der Waals surface area contributed by atoms with Crippen molar-refractivity contribution in [2.24, 2.45) is 0 Å². The minimum Gasteiger partial charge on any atom is -0.497 e. The first-order valence-electron chi connectivity index (χ1n) is 7.37. The molecule has 0 aliphatic heterocycles. The zero-order chi connectivity index (χ0) is 15.4. The molecule has 1 saturated carbocycles. The van der Waals surface area contributed by atoms with E-state index in [1.807, 2.05) is 48.8 Å². The van der Waals surface area contributed by atoms with Gasteiger partial charge >= 0.3 is 0 Å². The average Bonchev–Trinajstić information content (AvgIpc) is 3.39. The maximum Gasteiger partial charge on any atom is 0.173 e. The van der Waals surface area contributed by atoms with E-state index in [0.717, 1.165) is 23.1 Å². The second-order valence-electron chi connectivity index (χ2n) is 5.37. The Morgan fingerprint density at radius 2 is 1.91 bits per heavy atom. The standard InChI is InChI=1S/C17H19N3OS/c1-21-16-6-2-14(3-7-16)19-17(22)20(15-4-5-15)12-13-8-10-18-11-9-13/h2-3,6-11,15H,4-5,12H2,1H3,(H,19,22). The number of rotatable bonds is 5. The van der Waals surface area contributed by atoms with Crippen molar-refractivity contribution in [2.45, 2.75) is 25.4 Å². The zero-order valence-electron chi connectivity index (χ0n) is 12.5. The van der Waals surface area contributed by atoms with E-state index in [1.54, 1.807) is 7.11 Å². The van der Waals surface area contributed by atoms with Crippen LogP contribution in [0.15, 0.2) is 48.8 Å². The molecule has 1 fully saturated rings. The van der Waals surface area contributed by atoms with Gasteiger partial charge in [-0.15, -0.1) is 0 Å². The lowest BCUT2D eigenvalue weighted by Crippen LogP contribution is -2.36. The van der Waals surface area contributed by atoms with Gasteiger partial charge in [0, 0.05) is 30.7 Å². The summed E-state index contributed by atoms with van der Waals surface area (Å²) in [7, 11) is 1.66. The molecule has 114 valence electrons. The summed E-state index contributed by atoms with van der Waals surface area (Å²) in [5.41, 5.74) is 2.20. The lowest BCUT2D eigenvalue weighted by molar-refractivity contribution is 0.409. The second-order valence-corrected chi connectivity index (χ2v) is 5.76. The smallest absolute Gasteiger partial charge is 0.173 e. The number of hydrogen-bond acceptors (Lipinski definition) is 3. The number of aromatic nitrogens is 1. The fourth-order valence-corrected chi connectivity index (χ4v) is 2.64. The van der Waals surface area contributed by atoms with Crippen LogP contribution in [0.1, 0.15) is 18.4 Å². The van der Waals surface area contributed by atoms with Gasteiger partial charge in [-0.25, -0.2) is 0 Å². The third kappa shape index (κ3) is 3.74. The number of methoxy groups -OCH3 is 1. The fraction of sp³-hybridized carbons (Fsp3) is 0.294. The number of thiocarbonyl (C=S) groups is 1. The molecule has 1 aliphatic rings. The van der Waals surface area contributed by atoms with Crippen LogP contribution < -0.4 is 10.1 Å². The molecule has 0 spiro atoms. The van der Waals surface area contributed by atoms with Crippen LogP contribution in [0.3, 0.4) is 0 Å². The number of benzene rings is 1. The van der Waals surface area contributed by atoms with Crippen molar-refractivity contribution < 1.29 is 4.74 Å². The maximum absolute atomic E-state index is 5.60. The molecule has 22 heavy (non-hydrogen) atoms. The summed E-state index contributed by atoms with van der Waals surface area (Å²) < 4.78 is 5.17. The van der Waals surface area contributed by atoms with Crippen LogP contribution in [0.5, 0.6) is 5.75 Å². The number of nitrogens with zero attached hydrogens (tertiary/aromatic N) is 2. The minimum absolute atomic E-state index is 0.548. The molecule has 2 aromatic rings. The van der Waals surface area contributed by atoms with Gasteiger partial charge in [0.2, 0.25) is 0 Å². The summed E-state index contributed by atoms with van der Waals surface area (Å²) in [6.45, 7) is 0.815. The topological polar surface area (TPSA) is 37.4 Å². The van der Waals surface area contributed by atoms with Gasteiger partial charge in [-0.2, -0.15) is 0 Å². The van der Waals surface area contributed by atoms with E-state index >= 15 is 0 Å². The van der Waals surface area contributed by atoms with Crippen molar-refractivity contribution in [1.82, 2.24) is 9.88 Å². The van der Waals surface area contributed by atoms with E-state index in [-0.39, 0.29) is 0 Å². The summed E-state index contributed by atoms with van der Waals surface area (Å²) >= 11 is 5.60. The van der Waals surface area contributed by atoms with Gasteiger partial charge < -0.3 is 15.0 Å². The third-order valence-electron chi connectivity index (χ3n) is 3.69. The van der Waals surface area contributed by atoms with E-state index < -0.39 is 0 Å². The lowest BCUT2D eigenvalue weighted by atomic mass is 10.2. The van der Waals surface area contributed by atoms with Crippen LogP contribution >= 0.6 is 12.2 Å². The number of pyridine rings is 1. The van der Waals surface area contributed by atoms with Gasteiger partial charge in [-0.05, 0) is 67.0 Å². The molecule has 1 N–H and O–H groups in total. The van der Waals surface area contributed by atoms with Gasteiger partial charge in [0.05, 0.1) is 7.11 Å². The molecule has 0 saturated heterocycles. The van der Waals surface area contributed by atoms with Crippen molar-refractivity contribution in [3.05, 3.63) is 54.4 Å². The SMILES string of the molecule is COc1ccc(NC(=S)N(Cc2ccncc2)C2CC2)cc1. The van der Waals surface area contributed by atoms with Crippen molar-refractivity contribution >= 4 is 23.0 Å². The molecule has 0 atom stereocenters. The predicted octanol–water partition coefficient (Wildman–Crippen LogP) is 3.45. The van der Waals surface area contributed by atoms with Crippen LogP contribution in [-0.4, -0.2) is 28.1 Å². The average molecular weight is 313 g/mol. The van der Waals surface area contributed by atoms with Gasteiger partial charge in [-0.1, -0.05) is 0 Å². The summed E-state index contributed by atoms with van der Waals surface area (Å²) in [6, 6.07) is 12.4. The van der Waals surface area contributed by atoms with E-state index in [4.69, 9.17) is 17.0 Å². The highest BCUT2D eigenvalue weighted by Gasteiger charge is 2.30. The summed E-state index contributed by atoms with van der Waals surface area (Å²) in [4.78, 5) is 6.32. The normalized spacial score (nSPS) is 13.5. The van der Waals surface area contributed by atoms with E-state index in [0.29, 0.717) is 6.04 Å². The Kier molecular flexibility index (Phi) is 4.53. The van der Waals surface area contributed by atoms with Crippen LogP contribution in [-0.2, 0) is 6.54 Å². The molecule has 0 amide bonds. The first-order chi connectivity index (χ1) is 10.8. The second kappa shape index (κ2) is 6.75. The molecule has 1 heterocycles. The fourth-order valence-electron chi connectivity index (χ4n) is 2.31. The van der Waals surface area contributed by atoms with Crippen LogP contribution in [0.25, 0.3) is 0 Å². The van der Waals surface area contributed by atoms with E-state index in [9.17, 15) is 0 Å². The molecule has 4 nitrogen and oxygen atoms in total. The van der Waals surface area contributed by atoms with E-state index in [2.05, 4.69) is 15.2 Å². The first kappa shape index (κ1) is 14.8. The highest BCUT2D eigenvalue weighted by atomic mass is 32.1. The zero-order valence-corrected chi connectivity index (χ0v) is 13.3. The minimum atomic E-state index is 0.548. The van der Waals surface area contributed by atoms with E-state index in [1.165, 1.54) is 18.4 Å². The predicted molar refractivity (Wildman–Crippen MR) is 92.0 cm³/mol. The quantitative estimate of drug-likeness (QED) is 0.856. The molecule has 3 rings (SSSR count). The molecular formula is C17H19N3OS. The molecule has 1 aliphatic carbocycles. The highest BCUT2D eigenvalue weighted by molar-refractivity contribution is 7.80. The van der Waals surface area contributed by atoms with Crippen molar-refractivity contribution in [3.63, 3.8) is 0 Å². The van der Waals surface area contributed by atoms with Gasteiger partial charge in [-0.3, -0.25) is 4.98 Å². The largest absolute Gasteiger partial charge is 0.497 e. The first-order valence-corrected chi connectivity index (χ1v) is 7.77. The molecule has 0 unspecified atom stereocenters. The van der Waals surface area contributed by atoms with Crippen molar-refractivity contribution in [3.8, 4) is 5.75 Å².